The van der Waals surface area contributed by atoms with E-state index < -0.39 is 18.0 Å². The highest BCUT2D eigenvalue weighted by Crippen LogP contribution is 1.92. The molecule has 0 bridgehead atoms. The van der Waals surface area contributed by atoms with Crippen molar-refractivity contribution in [2.75, 3.05) is 11.9 Å². The number of carboxylic acids is 1. The SMILES string of the molecule is N[C@@H](CCOC(=O)CBr)C(=O)O. The van der Waals surface area contributed by atoms with Crippen LogP contribution in [0.25, 0.3) is 0 Å². The molecule has 3 N–H and O–H groups in total. The molecule has 0 unspecified atom stereocenters. The summed E-state index contributed by atoms with van der Waals surface area (Å²) in [7, 11) is 0. The number of ether oxygens (including phenoxy) is 1. The molecule has 0 aromatic rings. The first kappa shape index (κ1) is 11.4. The molecule has 0 heterocycles. The number of halogens is 1. The largest absolute Gasteiger partial charge is 0.480 e. The molecule has 0 aliphatic rings. The second kappa shape index (κ2) is 5.96. The van der Waals surface area contributed by atoms with Crippen LogP contribution in [-0.2, 0) is 14.3 Å². The van der Waals surface area contributed by atoms with E-state index in [9.17, 15) is 9.59 Å². The van der Waals surface area contributed by atoms with Crippen molar-refractivity contribution in [1.82, 2.24) is 0 Å². The molecule has 1 atom stereocenters. The molecule has 0 radical (unpaired) electrons. The van der Waals surface area contributed by atoms with Crippen LogP contribution in [0.3, 0.4) is 0 Å². The van der Waals surface area contributed by atoms with Gasteiger partial charge in [-0.2, -0.15) is 0 Å². The molecule has 0 rings (SSSR count). The first-order valence-corrected chi connectivity index (χ1v) is 4.40. The molecular formula is C6H10BrNO4. The van der Waals surface area contributed by atoms with Crippen LogP contribution in [0.5, 0.6) is 0 Å². The number of rotatable bonds is 5. The summed E-state index contributed by atoms with van der Waals surface area (Å²) in [6, 6.07) is -0.965. The third-order valence-electron chi connectivity index (χ3n) is 1.12. The molecule has 0 aromatic heterocycles. The lowest BCUT2D eigenvalue weighted by Gasteiger charge is -2.05. The van der Waals surface area contributed by atoms with Crippen molar-refractivity contribution >= 4 is 27.9 Å². The molecule has 0 spiro atoms. The highest BCUT2D eigenvalue weighted by Gasteiger charge is 2.11. The van der Waals surface area contributed by atoms with Gasteiger partial charge in [-0.05, 0) is 0 Å². The van der Waals surface area contributed by atoms with Gasteiger partial charge in [0, 0.05) is 6.42 Å². The monoisotopic (exact) mass is 239 g/mol. The Kier molecular flexibility index (Phi) is 5.65. The second-order valence-corrected chi connectivity index (χ2v) is 2.65. The summed E-state index contributed by atoms with van der Waals surface area (Å²) >= 11 is 2.89. The molecule has 5 nitrogen and oxygen atoms in total. The van der Waals surface area contributed by atoms with Crippen molar-refractivity contribution < 1.29 is 19.4 Å². The molecule has 12 heavy (non-hydrogen) atoms. The van der Waals surface area contributed by atoms with Gasteiger partial charge in [0.1, 0.15) is 11.4 Å². The maximum absolute atomic E-state index is 10.5. The first-order chi connectivity index (χ1) is 5.57. The minimum absolute atomic E-state index is 0.0396. The van der Waals surface area contributed by atoms with Crippen molar-refractivity contribution in [2.45, 2.75) is 12.5 Å². The number of carbonyl (C=O) groups is 2. The number of carboxylic acid groups (broad SMARTS) is 1. The van der Waals surface area contributed by atoms with E-state index in [1.807, 2.05) is 0 Å². The Bertz CT molecular complexity index is 173. The van der Waals surface area contributed by atoms with Gasteiger partial charge in [-0.1, -0.05) is 15.9 Å². The van der Waals surface area contributed by atoms with Gasteiger partial charge in [0.25, 0.3) is 0 Å². The maximum atomic E-state index is 10.5. The van der Waals surface area contributed by atoms with Gasteiger partial charge in [-0.25, -0.2) is 0 Å². The number of carbonyl (C=O) groups excluding carboxylic acids is 1. The number of hydrogen-bond donors (Lipinski definition) is 2. The predicted molar refractivity (Wildman–Crippen MR) is 45.0 cm³/mol. The van der Waals surface area contributed by atoms with Crippen LogP contribution in [0.2, 0.25) is 0 Å². The van der Waals surface area contributed by atoms with E-state index in [1.54, 1.807) is 0 Å². The van der Waals surface area contributed by atoms with Gasteiger partial charge in [0.2, 0.25) is 0 Å². The Labute approximate surface area is 78.0 Å². The van der Waals surface area contributed by atoms with Crippen molar-refractivity contribution in [3.63, 3.8) is 0 Å². The van der Waals surface area contributed by atoms with Crippen LogP contribution >= 0.6 is 15.9 Å². The molecule has 0 saturated carbocycles. The Morgan fingerprint density at radius 1 is 1.58 bits per heavy atom. The highest BCUT2D eigenvalue weighted by molar-refractivity contribution is 9.09. The number of alkyl halides is 1. The molecule has 0 amide bonds. The van der Waals surface area contributed by atoms with E-state index in [4.69, 9.17) is 10.8 Å². The van der Waals surface area contributed by atoms with Crippen molar-refractivity contribution in [3.05, 3.63) is 0 Å². The van der Waals surface area contributed by atoms with Gasteiger partial charge < -0.3 is 15.6 Å². The van der Waals surface area contributed by atoms with Crippen molar-refractivity contribution in [3.8, 4) is 0 Å². The summed E-state index contributed by atoms with van der Waals surface area (Å²) in [5, 5.41) is 8.44. The lowest BCUT2D eigenvalue weighted by Crippen LogP contribution is -2.31. The molecule has 70 valence electrons. The van der Waals surface area contributed by atoms with E-state index in [-0.39, 0.29) is 18.4 Å². The van der Waals surface area contributed by atoms with E-state index in [2.05, 4.69) is 20.7 Å². The molecule has 0 fully saturated rings. The Morgan fingerprint density at radius 2 is 2.17 bits per heavy atom. The van der Waals surface area contributed by atoms with Crippen molar-refractivity contribution in [1.29, 1.82) is 0 Å². The zero-order chi connectivity index (χ0) is 9.56. The van der Waals surface area contributed by atoms with Gasteiger partial charge >= 0.3 is 11.9 Å². The molecule has 0 aromatic carbocycles. The minimum atomic E-state index is -1.09. The normalized spacial score (nSPS) is 12.2. The van der Waals surface area contributed by atoms with Crippen molar-refractivity contribution in [2.24, 2.45) is 5.73 Å². The lowest BCUT2D eigenvalue weighted by atomic mass is 10.2. The highest BCUT2D eigenvalue weighted by atomic mass is 79.9. The average Bonchev–Trinajstić information content (AvgIpc) is 2.03. The van der Waals surface area contributed by atoms with E-state index >= 15 is 0 Å². The van der Waals surface area contributed by atoms with Gasteiger partial charge in [-0.15, -0.1) is 0 Å². The molecule has 0 aliphatic carbocycles. The van der Waals surface area contributed by atoms with Crippen LogP contribution in [0.15, 0.2) is 0 Å². The first-order valence-electron chi connectivity index (χ1n) is 3.28. The summed E-state index contributed by atoms with van der Waals surface area (Å²) in [6.07, 6.45) is 0.133. The summed E-state index contributed by atoms with van der Waals surface area (Å²) in [4.78, 5) is 20.7. The van der Waals surface area contributed by atoms with Crippen LogP contribution in [0.1, 0.15) is 6.42 Å². The smallest absolute Gasteiger partial charge is 0.320 e. The third-order valence-corrected chi connectivity index (χ3v) is 1.58. The fourth-order valence-corrected chi connectivity index (χ4v) is 0.624. The summed E-state index contributed by atoms with van der Waals surface area (Å²) in [5.74, 6) is -1.52. The zero-order valence-electron chi connectivity index (χ0n) is 6.33. The number of nitrogens with two attached hydrogens (primary N) is 1. The number of esters is 1. The Hall–Kier alpha value is -0.620. The predicted octanol–water partition coefficient (Wildman–Crippen LogP) is -0.274. The summed E-state index contributed by atoms with van der Waals surface area (Å²) < 4.78 is 4.58. The van der Waals surface area contributed by atoms with Crippen LogP contribution in [0.4, 0.5) is 0 Å². The quantitative estimate of drug-likeness (QED) is 0.509. The maximum Gasteiger partial charge on any atom is 0.320 e. The Balaban J connectivity index is 3.43. The fourth-order valence-electron chi connectivity index (χ4n) is 0.462. The van der Waals surface area contributed by atoms with E-state index in [1.165, 1.54) is 0 Å². The fraction of sp³-hybridized carbons (Fsp3) is 0.667. The minimum Gasteiger partial charge on any atom is -0.480 e. The Morgan fingerprint density at radius 3 is 2.58 bits per heavy atom. The number of hydrogen-bond acceptors (Lipinski definition) is 4. The van der Waals surface area contributed by atoms with Crippen LogP contribution in [-0.4, -0.2) is 35.0 Å². The molecule has 0 saturated heterocycles. The number of aliphatic carboxylic acids is 1. The van der Waals surface area contributed by atoms with Crippen LogP contribution < -0.4 is 5.73 Å². The van der Waals surface area contributed by atoms with Gasteiger partial charge in [0.05, 0.1) is 6.61 Å². The van der Waals surface area contributed by atoms with E-state index in [0.29, 0.717) is 0 Å². The standard InChI is InChI=1S/C6H10BrNO4/c7-3-5(9)12-2-1-4(8)6(10)11/h4H,1-3,8H2,(H,10,11)/t4-/m0/s1. The zero-order valence-corrected chi connectivity index (χ0v) is 7.91. The summed E-state index contributed by atoms with van der Waals surface area (Å²) in [5.41, 5.74) is 5.14. The van der Waals surface area contributed by atoms with Gasteiger partial charge in [-0.3, -0.25) is 9.59 Å². The van der Waals surface area contributed by atoms with E-state index in [0.717, 1.165) is 0 Å². The molecule has 0 aliphatic heterocycles. The average molecular weight is 240 g/mol. The van der Waals surface area contributed by atoms with Gasteiger partial charge in [0.15, 0.2) is 0 Å². The molecular weight excluding hydrogens is 230 g/mol. The second-order valence-electron chi connectivity index (χ2n) is 2.09. The topological polar surface area (TPSA) is 89.6 Å². The lowest BCUT2D eigenvalue weighted by molar-refractivity contribution is -0.143. The summed E-state index contributed by atoms with van der Waals surface area (Å²) in [6.45, 7) is 0.0396. The van der Waals surface area contributed by atoms with Crippen LogP contribution in [0, 0.1) is 0 Å². The molecule has 6 heteroatoms. The third kappa shape index (κ3) is 5.09.